The van der Waals surface area contributed by atoms with Crippen molar-refractivity contribution in [2.75, 3.05) is 73.3 Å². The first-order valence-electron chi connectivity index (χ1n) is 40.0. The molecule has 0 bridgehead atoms. The van der Waals surface area contributed by atoms with Gasteiger partial charge in [-0.2, -0.15) is 10.2 Å². The van der Waals surface area contributed by atoms with Crippen LogP contribution in [0.2, 0.25) is 0 Å². The number of non-ortho nitro benzene ring substituents is 2. The molecule has 4 rings (SSSR count). The molecule has 0 spiro atoms. The van der Waals surface area contributed by atoms with Gasteiger partial charge in [-0.05, 0) is 140 Å². The number of nitrogens with zero attached hydrogens (tertiary/aromatic N) is 6. The fourth-order valence-corrected chi connectivity index (χ4v) is 12.1. The number of Topliss-reactive ketones (excluding diaryl/α,β-unsaturated/α-hetero) is 1. The summed E-state index contributed by atoms with van der Waals surface area (Å²) in [4.78, 5) is 84.4. The van der Waals surface area contributed by atoms with Gasteiger partial charge in [0.1, 0.15) is 13.2 Å². The van der Waals surface area contributed by atoms with Crippen molar-refractivity contribution in [2.24, 2.45) is 21.1 Å². The SMILES string of the molecule is C=C(C)C(=O)OCCCCCCCCCCCCCCCCCC.CCCCCCCCCCCCCCCCCCOC(=O)C(C)(CC)CC(C)(C)C(=O)OCCN(CC)c1ccc(NNc2ccc([N+](=O)[O-])cc2)cc1.CCN(CCOC(=O)C(C)=O)c1ccc(N=Nc2ccc([N+](=O)[O-])cc2)cc1. The Balaban J connectivity index is 0.000000610. The third kappa shape index (κ3) is 43.4. The van der Waals surface area contributed by atoms with Gasteiger partial charge in [-0.25, -0.2) is 9.59 Å². The van der Waals surface area contributed by atoms with Gasteiger partial charge in [0.25, 0.3) is 11.4 Å². The van der Waals surface area contributed by atoms with E-state index in [2.05, 4.69) is 46.4 Å². The van der Waals surface area contributed by atoms with Gasteiger partial charge in [-0.1, -0.05) is 220 Å². The number of likely N-dealkylation sites (N-methyl/N-ethyl adjacent to an activating group) is 2. The highest BCUT2D eigenvalue weighted by atomic mass is 16.6. The van der Waals surface area contributed by atoms with Gasteiger partial charge in [0.2, 0.25) is 5.78 Å². The van der Waals surface area contributed by atoms with Gasteiger partial charge >= 0.3 is 23.9 Å². The molecule has 21 heteroatoms. The number of anilines is 4. The Hall–Kier alpha value is -8.23. The summed E-state index contributed by atoms with van der Waals surface area (Å²) in [7, 11) is 0. The fraction of sp³-hybridized carbons (Fsp3) is 0.635. The van der Waals surface area contributed by atoms with E-state index in [1.807, 2.05) is 82.8 Å². The van der Waals surface area contributed by atoms with Crippen LogP contribution in [0, 0.1) is 31.1 Å². The molecule has 0 aliphatic rings. The van der Waals surface area contributed by atoms with E-state index in [9.17, 15) is 44.2 Å². The monoisotopic (exact) mass is 1480 g/mol. The summed E-state index contributed by atoms with van der Waals surface area (Å²) in [6, 6.07) is 27.1. The maximum Gasteiger partial charge on any atom is 0.374 e. The number of ketones is 1. The summed E-state index contributed by atoms with van der Waals surface area (Å²) in [5.41, 5.74) is 9.60. The van der Waals surface area contributed by atoms with Gasteiger partial charge in [-0.3, -0.25) is 34.6 Å². The van der Waals surface area contributed by atoms with Crippen LogP contribution in [-0.2, 0) is 42.9 Å². The van der Waals surface area contributed by atoms with Gasteiger partial charge in [0.15, 0.2) is 0 Å². The van der Waals surface area contributed by atoms with E-state index >= 15 is 0 Å². The number of hydrogen-bond donors (Lipinski definition) is 2. The molecule has 0 amide bonds. The second-order valence-electron chi connectivity index (χ2n) is 28.7. The molecule has 0 fully saturated rings. The van der Waals surface area contributed by atoms with Crippen LogP contribution in [0.25, 0.3) is 0 Å². The lowest BCUT2D eigenvalue weighted by Gasteiger charge is -2.34. The van der Waals surface area contributed by atoms with Crippen molar-refractivity contribution in [1.82, 2.24) is 0 Å². The zero-order valence-corrected chi connectivity index (χ0v) is 66.6. The predicted molar refractivity (Wildman–Crippen MR) is 431 cm³/mol. The minimum Gasteiger partial charge on any atom is -0.465 e. The molecule has 4 aromatic rings. The zero-order chi connectivity index (χ0) is 78.1. The van der Waals surface area contributed by atoms with Crippen molar-refractivity contribution in [3.05, 3.63) is 129 Å². The Morgan fingerprint density at radius 3 is 1.06 bits per heavy atom. The van der Waals surface area contributed by atoms with E-state index in [-0.39, 0.29) is 42.5 Å². The second-order valence-corrected chi connectivity index (χ2v) is 28.7. The van der Waals surface area contributed by atoms with Crippen LogP contribution >= 0.6 is 0 Å². The number of benzene rings is 4. The van der Waals surface area contributed by atoms with Crippen molar-refractivity contribution in [2.45, 2.75) is 288 Å². The number of ether oxygens (including phenoxy) is 4. The molecule has 592 valence electrons. The molecule has 0 aromatic heterocycles. The number of carbonyl (C=O) groups is 5. The summed E-state index contributed by atoms with van der Waals surface area (Å²) in [5.74, 6) is -2.26. The second kappa shape index (κ2) is 57.9. The average Bonchev–Trinajstić information content (AvgIpc) is 0.819. The number of unbranched alkanes of at least 4 members (excludes halogenated alkanes) is 30. The summed E-state index contributed by atoms with van der Waals surface area (Å²) < 4.78 is 21.5. The number of hydrogen-bond acceptors (Lipinski definition) is 19. The first-order valence-corrected chi connectivity index (χ1v) is 40.0. The average molecular weight is 1480 g/mol. The molecule has 0 saturated carbocycles. The predicted octanol–water partition coefficient (Wildman–Crippen LogP) is 23.4. The molecule has 0 heterocycles. The lowest BCUT2D eigenvalue weighted by atomic mass is 9.72. The lowest BCUT2D eigenvalue weighted by molar-refractivity contribution is -0.385. The highest BCUT2D eigenvalue weighted by Crippen LogP contribution is 2.39. The van der Waals surface area contributed by atoms with Crippen LogP contribution in [0.3, 0.4) is 0 Å². The summed E-state index contributed by atoms with van der Waals surface area (Å²) in [6.45, 7) is 26.3. The van der Waals surface area contributed by atoms with Gasteiger partial charge < -0.3 is 39.6 Å². The maximum absolute atomic E-state index is 13.3. The van der Waals surface area contributed by atoms with E-state index in [1.165, 1.54) is 230 Å². The van der Waals surface area contributed by atoms with E-state index in [4.69, 9.17) is 18.9 Å². The molecule has 0 saturated heterocycles. The topological polar surface area (TPSA) is 264 Å². The van der Waals surface area contributed by atoms with Crippen LogP contribution < -0.4 is 20.7 Å². The minimum absolute atomic E-state index is 0.00283. The molecule has 21 nitrogen and oxygen atoms in total. The molecular formula is C85H134N8O13. The molecule has 0 aliphatic heterocycles. The minimum atomic E-state index is -0.848. The van der Waals surface area contributed by atoms with Crippen LogP contribution in [-0.4, -0.2) is 92.1 Å². The van der Waals surface area contributed by atoms with Gasteiger partial charge in [0.05, 0.1) is 69.7 Å². The Kier molecular flexibility index (Phi) is 51.3. The van der Waals surface area contributed by atoms with Crippen molar-refractivity contribution < 1.29 is 52.8 Å². The Morgan fingerprint density at radius 1 is 0.415 bits per heavy atom. The van der Waals surface area contributed by atoms with Crippen LogP contribution in [0.15, 0.2) is 119 Å². The van der Waals surface area contributed by atoms with Crippen LogP contribution in [0.5, 0.6) is 0 Å². The molecule has 1 atom stereocenters. The molecule has 0 aliphatic carbocycles. The number of nitro groups is 2. The molecule has 4 aromatic carbocycles. The summed E-state index contributed by atoms with van der Waals surface area (Å²) in [6.07, 6.45) is 43.5. The molecule has 106 heavy (non-hydrogen) atoms. The Labute approximate surface area is 636 Å². The normalized spacial score (nSPS) is 11.6. The number of azo groups is 1. The standard InChI is InChI=1S/C44H72N4O6.C22H42O2.C19H20N4O5/c1-7-10-11-12-13-14-15-16-17-18-19-20-21-22-23-24-34-53-42(50)44(6,8-2)36-43(4,5)41(49)54-35-33-47(9-3)39-29-25-37(26-30-39)45-46-38-27-31-40(32-28-38)48(51)52;1-4-5-6-7-8-9-10-11-12-13-14-15-16-17-18-19-20-24-22(23)21(2)3;1-3-22(12-13-28-19(25)14(2)24)17-8-4-15(5-9-17)20-21-16-6-10-18(11-7-16)23(26)27/h25-32,45-46H,7-24,33-36H2,1-6H3;2,4-20H2,1,3H3;4-11H,3,12-13H2,1-2H3. The van der Waals surface area contributed by atoms with Crippen molar-refractivity contribution in [1.29, 1.82) is 0 Å². The van der Waals surface area contributed by atoms with E-state index in [0.29, 0.717) is 68.3 Å². The molecule has 0 radical (unpaired) electrons. The smallest absolute Gasteiger partial charge is 0.374 e. The molecule has 1 unspecified atom stereocenters. The number of nitrogens with one attached hydrogen (secondary N) is 2. The molecular weight excluding hydrogens is 1340 g/mol. The van der Waals surface area contributed by atoms with Crippen LogP contribution in [0.4, 0.5) is 45.5 Å². The van der Waals surface area contributed by atoms with E-state index < -0.39 is 32.4 Å². The third-order valence-electron chi connectivity index (χ3n) is 18.9. The molecule has 2 N–H and O–H groups in total. The van der Waals surface area contributed by atoms with Crippen LogP contribution in [0.1, 0.15) is 288 Å². The van der Waals surface area contributed by atoms with Crippen molar-refractivity contribution >= 4 is 75.2 Å². The Bertz CT molecular complexity index is 3090. The van der Waals surface area contributed by atoms with E-state index in [0.717, 1.165) is 42.9 Å². The Morgan fingerprint density at radius 2 is 0.717 bits per heavy atom. The van der Waals surface area contributed by atoms with Crippen molar-refractivity contribution in [3.8, 4) is 0 Å². The summed E-state index contributed by atoms with van der Waals surface area (Å²) in [5, 5.41) is 29.7. The number of esters is 4. The summed E-state index contributed by atoms with van der Waals surface area (Å²) >= 11 is 0. The quantitative estimate of drug-likeness (QED) is 0.00608. The van der Waals surface area contributed by atoms with Gasteiger partial charge in [0, 0.05) is 61.2 Å². The zero-order valence-electron chi connectivity index (χ0n) is 66.6. The third-order valence-corrected chi connectivity index (χ3v) is 18.9. The number of nitro benzene ring substituents is 2. The highest BCUT2D eigenvalue weighted by molar-refractivity contribution is 6.32. The number of rotatable bonds is 58. The van der Waals surface area contributed by atoms with Crippen molar-refractivity contribution in [3.63, 3.8) is 0 Å². The van der Waals surface area contributed by atoms with Gasteiger partial charge in [-0.15, -0.1) is 0 Å². The number of carbonyl (C=O) groups excluding carboxylic acids is 5. The number of hydrazine groups is 1. The first-order chi connectivity index (χ1) is 51.0. The highest BCUT2D eigenvalue weighted by Gasteiger charge is 2.43. The van der Waals surface area contributed by atoms with E-state index in [1.54, 1.807) is 31.2 Å². The lowest BCUT2D eigenvalue weighted by Crippen LogP contribution is -2.39. The first kappa shape index (κ1) is 93.9. The maximum atomic E-state index is 13.3. The fourth-order valence-electron chi connectivity index (χ4n) is 12.1. The largest absolute Gasteiger partial charge is 0.465 e.